The molecule has 27 heavy (non-hydrogen) atoms. The second kappa shape index (κ2) is 7.00. The number of piperidine rings is 1. The van der Waals surface area contributed by atoms with Crippen molar-refractivity contribution < 1.29 is 8.42 Å². The summed E-state index contributed by atoms with van der Waals surface area (Å²) in [5, 5.41) is 1.14. The first-order valence-corrected chi connectivity index (χ1v) is 11.6. The Hall–Kier alpha value is -1.76. The summed E-state index contributed by atoms with van der Waals surface area (Å²) in [5.41, 5.74) is 3.80. The molecule has 1 aromatic heterocycles. The Morgan fingerprint density at radius 3 is 2.30 bits per heavy atom. The van der Waals surface area contributed by atoms with E-state index in [4.69, 9.17) is 4.98 Å². The van der Waals surface area contributed by atoms with Gasteiger partial charge in [0, 0.05) is 19.0 Å². The Labute approximate surface area is 164 Å². The predicted octanol–water partition coefficient (Wildman–Crippen LogP) is 4.79. The molecule has 0 N–H and O–H groups in total. The Balaban J connectivity index is 1.55. The minimum Gasteiger partial charge on any atom is -0.241 e. The van der Waals surface area contributed by atoms with E-state index < -0.39 is 10.0 Å². The van der Waals surface area contributed by atoms with Crippen LogP contribution in [0.5, 0.6) is 0 Å². The van der Waals surface area contributed by atoms with E-state index in [-0.39, 0.29) is 0 Å². The maximum atomic E-state index is 13.2. The lowest BCUT2D eigenvalue weighted by Crippen LogP contribution is -2.38. The molecular weight excluding hydrogens is 376 g/mol. The molecular formula is C21H24N2O2S2. The first-order valence-electron chi connectivity index (χ1n) is 9.30. The standard InChI is InChI=1S/C21H24N2O2S2/c1-14-12-15(2)20(16(3)13-14)27(24,25)23-10-8-17(9-11-23)21-22-18-6-4-5-7-19(18)26-21/h4-7,12-13,17H,8-11H2,1-3H3. The second-order valence-electron chi connectivity index (χ2n) is 7.43. The number of aryl methyl sites for hydroxylation is 3. The van der Waals surface area contributed by atoms with Crippen molar-refractivity contribution in [2.75, 3.05) is 13.1 Å². The van der Waals surface area contributed by atoms with Crippen molar-refractivity contribution >= 4 is 31.6 Å². The lowest BCUT2D eigenvalue weighted by molar-refractivity contribution is 0.319. The van der Waals surface area contributed by atoms with Crippen LogP contribution in [0.2, 0.25) is 0 Å². The van der Waals surface area contributed by atoms with Crippen LogP contribution in [0, 0.1) is 20.8 Å². The molecule has 0 saturated carbocycles. The maximum absolute atomic E-state index is 13.2. The second-order valence-corrected chi connectivity index (χ2v) is 10.4. The fourth-order valence-electron chi connectivity index (χ4n) is 4.11. The summed E-state index contributed by atoms with van der Waals surface area (Å²) in [6.07, 6.45) is 1.64. The van der Waals surface area contributed by atoms with Crippen molar-refractivity contribution in [1.82, 2.24) is 9.29 Å². The molecule has 0 aliphatic carbocycles. The molecule has 2 aromatic carbocycles. The Kier molecular flexibility index (Phi) is 4.82. The highest BCUT2D eigenvalue weighted by molar-refractivity contribution is 7.89. The Morgan fingerprint density at radius 2 is 1.67 bits per heavy atom. The molecule has 0 amide bonds. The van der Waals surface area contributed by atoms with E-state index in [0.717, 1.165) is 40.1 Å². The van der Waals surface area contributed by atoms with Gasteiger partial charge in [-0.3, -0.25) is 0 Å². The normalized spacial score (nSPS) is 16.9. The van der Waals surface area contributed by atoms with Gasteiger partial charge in [-0.2, -0.15) is 4.31 Å². The molecule has 2 heterocycles. The van der Waals surface area contributed by atoms with Gasteiger partial charge < -0.3 is 0 Å². The number of para-hydroxylation sites is 1. The van der Waals surface area contributed by atoms with Gasteiger partial charge in [-0.05, 0) is 56.9 Å². The maximum Gasteiger partial charge on any atom is 0.243 e. The van der Waals surface area contributed by atoms with Crippen molar-refractivity contribution in [2.45, 2.75) is 44.4 Å². The van der Waals surface area contributed by atoms with Crippen molar-refractivity contribution in [3.05, 3.63) is 58.1 Å². The third-order valence-corrected chi connectivity index (χ3v) is 8.72. The van der Waals surface area contributed by atoms with E-state index in [1.54, 1.807) is 15.6 Å². The van der Waals surface area contributed by atoms with Gasteiger partial charge in [0.25, 0.3) is 0 Å². The molecule has 4 rings (SSSR count). The monoisotopic (exact) mass is 400 g/mol. The summed E-state index contributed by atoms with van der Waals surface area (Å²) in [7, 11) is -3.45. The molecule has 0 spiro atoms. The van der Waals surface area contributed by atoms with Crippen LogP contribution >= 0.6 is 11.3 Å². The minimum atomic E-state index is -3.45. The fourth-order valence-corrected chi connectivity index (χ4v) is 7.13. The zero-order valence-electron chi connectivity index (χ0n) is 15.9. The lowest BCUT2D eigenvalue weighted by Gasteiger charge is -2.31. The number of fused-ring (bicyclic) bond motifs is 1. The summed E-state index contributed by atoms with van der Waals surface area (Å²) >= 11 is 1.74. The third kappa shape index (κ3) is 3.42. The number of thiazole rings is 1. The quantitative estimate of drug-likeness (QED) is 0.635. The Bertz CT molecular complexity index is 1040. The van der Waals surface area contributed by atoms with Crippen LogP contribution in [0.4, 0.5) is 0 Å². The van der Waals surface area contributed by atoms with E-state index in [1.807, 2.05) is 51.1 Å². The van der Waals surface area contributed by atoms with Gasteiger partial charge in [0.15, 0.2) is 0 Å². The highest BCUT2D eigenvalue weighted by Crippen LogP contribution is 2.36. The van der Waals surface area contributed by atoms with E-state index in [2.05, 4.69) is 6.07 Å². The van der Waals surface area contributed by atoms with Gasteiger partial charge in [0.2, 0.25) is 10.0 Å². The fraction of sp³-hybridized carbons (Fsp3) is 0.381. The van der Waals surface area contributed by atoms with Gasteiger partial charge in [0.05, 0.1) is 20.1 Å². The van der Waals surface area contributed by atoms with Gasteiger partial charge >= 0.3 is 0 Å². The molecule has 142 valence electrons. The first-order chi connectivity index (χ1) is 12.9. The summed E-state index contributed by atoms with van der Waals surface area (Å²) in [4.78, 5) is 5.25. The average molecular weight is 401 g/mol. The number of nitrogens with zero attached hydrogens (tertiary/aromatic N) is 2. The van der Waals surface area contributed by atoms with Crippen LogP contribution in [0.3, 0.4) is 0 Å². The van der Waals surface area contributed by atoms with Gasteiger partial charge in [0.1, 0.15) is 0 Å². The first kappa shape index (κ1) is 18.6. The average Bonchev–Trinajstić information content (AvgIpc) is 3.05. The van der Waals surface area contributed by atoms with Gasteiger partial charge in [-0.25, -0.2) is 13.4 Å². The molecule has 0 radical (unpaired) electrons. The van der Waals surface area contributed by atoms with Crippen molar-refractivity contribution in [3.8, 4) is 0 Å². The molecule has 0 atom stereocenters. The molecule has 6 heteroatoms. The van der Waals surface area contributed by atoms with Crippen LogP contribution in [-0.4, -0.2) is 30.8 Å². The third-order valence-electron chi connectivity index (χ3n) is 5.32. The van der Waals surface area contributed by atoms with Crippen molar-refractivity contribution in [1.29, 1.82) is 0 Å². The zero-order valence-corrected chi connectivity index (χ0v) is 17.5. The van der Waals surface area contributed by atoms with Crippen LogP contribution in [0.15, 0.2) is 41.3 Å². The van der Waals surface area contributed by atoms with E-state index in [1.165, 1.54) is 4.70 Å². The van der Waals surface area contributed by atoms with Crippen LogP contribution in [0.1, 0.15) is 40.5 Å². The number of hydrogen-bond acceptors (Lipinski definition) is 4. The number of rotatable bonds is 3. The highest BCUT2D eigenvalue weighted by Gasteiger charge is 2.32. The molecule has 4 nitrogen and oxygen atoms in total. The molecule has 1 fully saturated rings. The number of sulfonamides is 1. The topological polar surface area (TPSA) is 50.3 Å². The summed E-state index contributed by atoms with van der Waals surface area (Å²) in [6, 6.07) is 12.1. The molecule has 0 bridgehead atoms. The molecule has 0 unspecified atom stereocenters. The molecule has 1 aliphatic rings. The van der Waals surface area contributed by atoms with Gasteiger partial charge in [-0.1, -0.05) is 29.8 Å². The van der Waals surface area contributed by atoms with E-state index in [9.17, 15) is 8.42 Å². The lowest BCUT2D eigenvalue weighted by atomic mass is 9.99. The predicted molar refractivity (Wildman–Crippen MR) is 111 cm³/mol. The zero-order chi connectivity index (χ0) is 19.2. The van der Waals surface area contributed by atoms with E-state index >= 15 is 0 Å². The summed E-state index contributed by atoms with van der Waals surface area (Å²) < 4.78 is 29.3. The number of aromatic nitrogens is 1. The van der Waals surface area contributed by atoms with Crippen molar-refractivity contribution in [3.63, 3.8) is 0 Å². The molecule has 3 aromatic rings. The van der Waals surface area contributed by atoms with E-state index in [0.29, 0.717) is 23.9 Å². The number of benzene rings is 2. The SMILES string of the molecule is Cc1cc(C)c(S(=O)(=O)N2CCC(c3nc4ccccc4s3)CC2)c(C)c1. The Morgan fingerprint density at radius 1 is 1.04 bits per heavy atom. The minimum absolute atomic E-state index is 0.342. The summed E-state index contributed by atoms with van der Waals surface area (Å²) in [6.45, 7) is 6.88. The van der Waals surface area contributed by atoms with Crippen LogP contribution in [0.25, 0.3) is 10.2 Å². The number of hydrogen-bond donors (Lipinski definition) is 0. The molecule has 1 aliphatic heterocycles. The largest absolute Gasteiger partial charge is 0.243 e. The van der Waals surface area contributed by atoms with Crippen LogP contribution < -0.4 is 0 Å². The highest BCUT2D eigenvalue weighted by atomic mass is 32.2. The molecule has 1 saturated heterocycles. The smallest absolute Gasteiger partial charge is 0.241 e. The van der Waals surface area contributed by atoms with Crippen LogP contribution in [-0.2, 0) is 10.0 Å². The summed E-state index contributed by atoms with van der Waals surface area (Å²) in [5.74, 6) is 0.342. The van der Waals surface area contributed by atoms with Crippen molar-refractivity contribution in [2.24, 2.45) is 0 Å². The van der Waals surface area contributed by atoms with Gasteiger partial charge in [-0.15, -0.1) is 11.3 Å².